The third kappa shape index (κ3) is 12.3. The van der Waals surface area contributed by atoms with Crippen LogP contribution in [0.5, 0.6) is 0 Å². The van der Waals surface area contributed by atoms with Gasteiger partial charge in [0.05, 0.1) is 12.7 Å². The van der Waals surface area contributed by atoms with E-state index in [1.165, 1.54) is 12.8 Å². The van der Waals surface area contributed by atoms with Crippen LogP contribution in [0.2, 0.25) is 0 Å². The van der Waals surface area contributed by atoms with Crippen molar-refractivity contribution in [2.24, 2.45) is 0 Å². The Morgan fingerprint density at radius 2 is 1.82 bits per heavy atom. The SMILES string of the molecule is COC[C@@H]1C[C@@H](OC)CN1CCCCSSCCNC(=O)CCCCC(C)=O. The Hall–Kier alpha value is -0.280. The second-order valence-corrected chi connectivity index (χ2v) is 10.0. The van der Waals surface area contributed by atoms with E-state index in [0.717, 1.165) is 50.5 Å². The Morgan fingerprint density at radius 1 is 1.07 bits per heavy atom. The van der Waals surface area contributed by atoms with Gasteiger partial charge in [0.15, 0.2) is 0 Å². The van der Waals surface area contributed by atoms with E-state index in [1.807, 2.05) is 21.6 Å². The van der Waals surface area contributed by atoms with Gasteiger partial charge in [-0.1, -0.05) is 21.6 Å². The molecular weight excluding hydrogens is 396 g/mol. The molecule has 0 aromatic heterocycles. The second-order valence-electron chi connectivity index (χ2n) is 7.31. The number of carbonyl (C=O) groups excluding carboxylic acids is 2. The summed E-state index contributed by atoms with van der Waals surface area (Å²) in [7, 11) is 7.28. The Kier molecular flexibility index (Phi) is 15.2. The number of Topliss-reactive ketones (excluding diaryl/α,β-unsaturated/α-hetero) is 1. The number of amides is 1. The van der Waals surface area contributed by atoms with Crippen LogP contribution in [0.3, 0.4) is 0 Å². The fourth-order valence-electron chi connectivity index (χ4n) is 3.32. The summed E-state index contributed by atoms with van der Waals surface area (Å²) in [4.78, 5) is 25.0. The van der Waals surface area contributed by atoms with Crippen LogP contribution in [0.15, 0.2) is 0 Å². The van der Waals surface area contributed by atoms with Gasteiger partial charge in [0.1, 0.15) is 5.78 Å². The number of methoxy groups -OCH3 is 2. The summed E-state index contributed by atoms with van der Waals surface area (Å²) in [6.45, 7) is 5.22. The summed E-state index contributed by atoms with van der Waals surface area (Å²) in [6, 6.07) is 0.489. The standard InChI is InChI=1S/C20H38N2O4S2/c1-17(23)8-4-5-9-20(24)21-10-13-28-27-12-7-6-11-22-15-19(26-3)14-18(22)16-25-2/h18-19H,4-16H2,1-3H3,(H,21,24)/t18-,19+/m0/s1. The van der Waals surface area contributed by atoms with Crippen LogP contribution in [0.25, 0.3) is 0 Å². The molecule has 1 heterocycles. The molecule has 0 aromatic rings. The molecule has 1 aliphatic heterocycles. The molecule has 1 amide bonds. The fourth-order valence-corrected chi connectivity index (χ4v) is 5.38. The highest BCUT2D eigenvalue weighted by atomic mass is 33.1. The molecule has 6 nitrogen and oxygen atoms in total. The minimum absolute atomic E-state index is 0.0970. The lowest BCUT2D eigenvalue weighted by atomic mass is 10.1. The Morgan fingerprint density at radius 3 is 2.54 bits per heavy atom. The average Bonchev–Trinajstić information content (AvgIpc) is 3.06. The Bertz CT molecular complexity index is 440. The van der Waals surface area contributed by atoms with Crippen LogP contribution in [0, 0.1) is 0 Å². The molecule has 1 aliphatic rings. The van der Waals surface area contributed by atoms with E-state index in [9.17, 15) is 9.59 Å². The number of hydrogen-bond acceptors (Lipinski definition) is 7. The molecule has 1 saturated heterocycles. The van der Waals surface area contributed by atoms with Crippen molar-refractivity contribution in [3.8, 4) is 0 Å². The van der Waals surface area contributed by atoms with Crippen LogP contribution >= 0.6 is 21.6 Å². The van der Waals surface area contributed by atoms with Crippen molar-refractivity contribution < 1.29 is 19.1 Å². The number of ketones is 1. The monoisotopic (exact) mass is 434 g/mol. The van der Waals surface area contributed by atoms with E-state index in [1.54, 1.807) is 21.1 Å². The Labute approximate surface area is 178 Å². The first-order valence-corrected chi connectivity index (χ1v) is 12.8. The molecule has 0 bridgehead atoms. The first kappa shape index (κ1) is 25.8. The molecule has 8 heteroatoms. The van der Waals surface area contributed by atoms with Crippen molar-refractivity contribution in [1.82, 2.24) is 10.2 Å². The lowest BCUT2D eigenvalue weighted by Crippen LogP contribution is -2.34. The summed E-state index contributed by atoms with van der Waals surface area (Å²) >= 11 is 0. The highest BCUT2D eigenvalue weighted by Gasteiger charge is 2.31. The van der Waals surface area contributed by atoms with Crippen molar-refractivity contribution in [2.45, 2.75) is 64.0 Å². The maximum absolute atomic E-state index is 11.7. The van der Waals surface area contributed by atoms with E-state index in [4.69, 9.17) is 9.47 Å². The molecule has 0 saturated carbocycles. The van der Waals surface area contributed by atoms with E-state index >= 15 is 0 Å². The number of hydrogen-bond donors (Lipinski definition) is 1. The van der Waals surface area contributed by atoms with Gasteiger partial charge in [-0.25, -0.2) is 0 Å². The van der Waals surface area contributed by atoms with Gasteiger partial charge in [-0.2, -0.15) is 0 Å². The number of carbonyl (C=O) groups is 2. The number of rotatable bonds is 17. The quantitative estimate of drug-likeness (QED) is 0.279. The van der Waals surface area contributed by atoms with E-state index in [2.05, 4.69) is 10.2 Å². The number of nitrogens with zero attached hydrogens (tertiary/aromatic N) is 1. The summed E-state index contributed by atoms with van der Waals surface area (Å²) < 4.78 is 10.8. The lowest BCUT2D eigenvalue weighted by molar-refractivity contribution is -0.121. The molecule has 164 valence electrons. The number of likely N-dealkylation sites (tertiary alicyclic amines) is 1. The van der Waals surface area contributed by atoms with Crippen LogP contribution in [0.1, 0.15) is 51.9 Å². The average molecular weight is 435 g/mol. The van der Waals surface area contributed by atoms with Gasteiger partial charge in [-0.15, -0.1) is 0 Å². The van der Waals surface area contributed by atoms with Gasteiger partial charge in [0, 0.05) is 57.7 Å². The predicted molar refractivity (Wildman–Crippen MR) is 119 cm³/mol. The molecule has 1 fully saturated rings. The van der Waals surface area contributed by atoms with Crippen LogP contribution in [0.4, 0.5) is 0 Å². The van der Waals surface area contributed by atoms with Crippen molar-refractivity contribution in [1.29, 1.82) is 0 Å². The summed E-state index contributed by atoms with van der Waals surface area (Å²) in [5, 5.41) is 2.95. The molecule has 1 N–H and O–H groups in total. The van der Waals surface area contributed by atoms with Crippen molar-refractivity contribution in [3.05, 3.63) is 0 Å². The van der Waals surface area contributed by atoms with Gasteiger partial charge in [0.2, 0.25) is 5.91 Å². The van der Waals surface area contributed by atoms with Gasteiger partial charge >= 0.3 is 0 Å². The zero-order chi connectivity index (χ0) is 20.6. The molecule has 1 rings (SSSR count). The third-order valence-electron chi connectivity index (χ3n) is 4.88. The number of nitrogens with one attached hydrogen (secondary N) is 1. The van der Waals surface area contributed by atoms with Crippen molar-refractivity contribution in [2.75, 3.05) is 52.0 Å². The normalized spacial score (nSPS) is 19.8. The zero-order valence-corrected chi connectivity index (χ0v) is 19.4. The second kappa shape index (κ2) is 16.5. The molecule has 0 aliphatic carbocycles. The third-order valence-corrected chi connectivity index (χ3v) is 7.37. The molecule has 2 atom stereocenters. The molecule has 0 aromatic carbocycles. The molecule has 0 spiro atoms. The predicted octanol–water partition coefficient (Wildman–Crippen LogP) is 3.15. The van der Waals surface area contributed by atoms with E-state index in [0.29, 0.717) is 31.5 Å². The molecule has 0 radical (unpaired) electrons. The minimum Gasteiger partial charge on any atom is -0.383 e. The van der Waals surface area contributed by atoms with Gasteiger partial charge in [-0.05, 0) is 45.6 Å². The first-order valence-electron chi connectivity index (χ1n) is 10.3. The zero-order valence-electron chi connectivity index (χ0n) is 17.7. The van der Waals surface area contributed by atoms with Crippen molar-refractivity contribution >= 4 is 33.3 Å². The van der Waals surface area contributed by atoms with Crippen molar-refractivity contribution in [3.63, 3.8) is 0 Å². The maximum Gasteiger partial charge on any atom is 0.220 e. The van der Waals surface area contributed by atoms with Crippen LogP contribution in [-0.4, -0.2) is 80.7 Å². The highest BCUT2D eigenvalue weighted by molar-refractivity contribution is 8.76. The lowest BCUT2D eigenvalue weighted by Gasteiger charge is -2.23. The van der Waals surface area contributed by atoms with Crippen LogP contribution < -0.4 is 5.32 Å². The molecule has 0 unspecified atom stereocenters. The number of ether oxygens (including phenoxy) is 2. The minimum atomic E-state index is 0.0970. The first-order chi connectivity index (χ1) is 13.6. The smallest absolute Gasteiger partial charge is 0.220 e. The van der Waals surface area contributed by atoms with E-state index < -0.39 is 0 Å². The van der Waals surface area contributed by atoms with Gasteiger partial charge < -0.3 is 19.6 Å². The Balaban J connectivity index is 1.92. The summed E-state index contributed by atoms with van der Waals surface area (Å²) in [5.74, 6) is 2.37. The largest absolute Gasteiger partial charge is 0.383 e. The topological polar surface area (TPSA) is 67.9 Å². The summed E-state index contributed by atoms with van der Waals surface area (Å²) in [5.41, 5.74) is 0. The summed E-state index contributed by atoms with van der Waals surface area (Å²) in [6.07, 6.45) is 6.51. The fraction of sp³-hybridized carbons (Fsp3) is 0.900. The number of unbranched alkanes of at least 4 members (excludes halogenated alkanes) is 2. The maximum atomic E-state index is 11.7. The highest BCUT2D eigenvalue weighted by Crippen LogP contribution is 2.23. The molecule has 28 heavy (non-hydrogen) atoms. The van der Waals surface area contributed by atoms with Gasteiger partial charge in [0.25, 0.3) is 0 Å². The van der Waals surface area contributed by atoms with Gasteiger partial charge in [-0.3, -0.25) is 9.69 Å². The molecular formula is C20H38N2O4S2. The van der Waals surface area contributed by atoms with E-state index in [-0.39, 0.29) is 11.7 Å². The van der Waals surface area contributed by atoms with Crippen LogP contribution in [-0.2, 0) is 19.1 Å².